The van der Waals surface area contributed by atoms with E-state index in [2.05, 4.69) is 11.1 Å². The van der Waals surface area contributed by atoms with Gasteiger partial charge < -0.3 is 9.40 Å². The van der Waals surface area contributed by atoms with Crippen molar-refractivity contribution in [3.05, 3.63) is 72.1 Å². The smallest absolute Gasteiger partial charge is 0.163 e. The number of fused-ring (bicyclic) bond motifs is 1. The molecule has 4 rings (SSSR count). The Morgan fingerprint density at radius 3 is 2.46 bits per heavy atom. The first-order chi connectivity index (χ1) is 11.7. The van der Waals surface area contributed by atoms with Crippen LogP contribution in [0.15, 0.2) is 65.2 Å². The highest BCUT2D eigenvalue weighted by Gasteiger charge is 2.25. The van der Waals surface area contributed by atoms with Crippen LogP contribution in [0.5, 0.6) is 0 Å². The van der Waals surface area contributed by atoms with Crippen LogP contribution in [-0.4, -0.2) is 10.8 Å². The molecule has 0 atom stereocenters. The summed E-state index contributed by atoms with van der Waals surface area (Å²) in [4.78, 5) is 15.6. The van der Waals surface area contributed by atoms with Gasteiger partial charge in [0.25, 0.3) is 0 Å². The van der Waals surface area contributed by atoms with Crippen molar-refractivity contribution in [1.29, 1.82) is 0 Å². The summed E-state index contributed by atoms with van der Waals surface area (Å²) in [5.74, 6) is 1.41. The molecule has 2 aromatic carbocycles. The SMILES string of the molecule is CC(=O)c1c(C)oc(-c2ccccc2)c1-c1c[nH]c2ccccc12. The lowest BCUT2D eigenvalue weighted by molar-refractivity contribution is 0.101. The molecule has 1 N–H and O–H groups in total. The normalized spacial score (nSPS) is 11.1. The van der Waals surface area contributed by atoms with E-state index >= 15 is 0 Å². The molecular formula is C21H17NO2. The second-order valence-electron chi connectivity index (χ2n) is 5.91. The number of rotatable bonds is 3. The van der Waals surface area contributed by atoms with Crippen molar-refractivity contribution >= 4 is 16.7 Å². The molecule has 118 valence electrons. The fourth-order valence-electron chi connectivity index (χ4n) is 3.30. The van der Waals surface area contributed by atoms with E-state index in [1.165, 1.54) is 0 Å². The molecule has 0 radical (unpaired) electrons. The molecule has 0 unspecified atom stereocenters. The van der Waals surface area contributed by atoms with E-state index in [0.717, 1.165) is 33.4 Å². The average molecular weight is 315 g/mol. The number of aromatic amines is 1. The minimum absolute atomic E-state index is 0.0127. The maximum absolute atomic E-state index is 12.3. The number of nitrogens with one attached hydrogen (secondary N) is 1. The fraction of sp³-hybridized carbons (Fsp3) is 0.0952. The number of ketones is 1. The summed E-state index contributed by atoms with van der Waals surface area (Å²) in [6.07, 6.45) is 1.95. The highest BCUT2D eigenvalue weighted by Crippen LogP contribution is 2.42. The number of furan rings is 1. The van der Waals surface area contributed by atoms with Gasteiger partial charge in [-0.05, 0) is 19.9 Å². The number of carbonyl (C=O) groups is 1. The van der Waals surface area contributed by atoms with E-state index in [1.807, 2.05) is 61.7 Å². The summed E-state index contributed by atoms with van der Waals surface area (Å²) >= 11 is 0. The molecule has 24 heavy (non-hydrogen) atoms. The maximum Gasteiger partial charge on any atom is 0.163 e. The minimum atomic E-state index is 0.0127. The number of Topliss-reactive ketones (excluding diaryl/α,β-unsaturated/α-hetero) is 1. The maximum atomic E-state index is 12.3. The summed E-state index contributed by atoms with van der Waals surface area (Å²) in [7, 11) is 0. The molecule has 3 nitrogen and oxygen atoms in total. The number of para-hydroxylation sites is 1. The van der Waals surface area contributed by atoms with Crippen molar-refractivity contribution in [3.8, 4) is 22.5 Å². The monoisotopic (exact) mass is 315 g/mol. The van der Waals surface area contributed by atoms with E-state index in [0.29, 0.717) is 11.3 Å². The predicted octanol–water partition coefficient (Wildman–Crippen LogP) is 5.61. The molecule has 0 spiro atoms. The lowest BCUT2D eigenvalue weighted by atomic mass is 9.95. The summed E-state index contributed by atoms with van der Waals surface area (Å²) < 4.78 is 6.03. The predicted molar refractivity (Wildman–Crippen MR) is 96.2 cm³/mol. The largest absolute Gasteiger partial charge is 0.460 e. The Morgan fingerprint density at radius 1 is 1.00 bits per heavy atom. The molecule has 0 aliphatic rings. The number of hydrogen-bond acceptors (Lipinski definition) is 2. The molecule has 0 aliphatic carbocycles. The van der Waals surface area contributed by atoms with Gasteiger partial charge in [0.05, 0.1) is 5.56 Å². The molecule has 0 bridgehead atoms. The van der Waals surface area contributed by atoms with Crippen LogP contribution in [0.2, 0.25) is 0 Å². The topological polar surface area (TPSA) is 46.0 Å². The standard InChI is InChI=1S/C21H17NO2/c1-13(23)19-14(2)24-21(15-8-4-3-5-9-15)20(19)17-12-22-18-11-7-6-10-16(17)18/h3-12,22H,1-2H3. The summed E-state index contributed by atoms with van der Waals surface area (Å²) in [6.45, 7) is 3.44. The fourth-order valence-corrected chi connectivity index (χ4v) is 3.30. The van der Waals surface area contributed by atoms with Gasteiger partial charge in [0.1, 0.15) is 11.5 Å². The molecule has 2 aromatic heterocycles. The Morgan fingerprint density at radius 2 is 1.71 bits per heavy atom. The molecule has 2 heterocycles. The zero-order valence-electron chi connectivity index (χ0n) is 13.6. The zero-order valence-corrected chi connectivity index (χ0v) is 13.6. The number of carbonyl (C=O) groups excluding carboxylic acids is 1. The lowest BCUT2D eigenvalue weighted by Crippen LogP contribution is -1.95. The van der Waals surface area contributed by atoms with Crippen LogP contribution < -0.4 is 0 Å². The number of aryl methyl sites for hydroxylation is 1. The van der Waals surface area contributed by atoms with Crippen molar-refractivity contribution in [2.45, 2.75) is 13.8 Å². The zero-order chi connectivity index (χ0) is 16.7. The van der Waals surface area contributed by atoms with E-state index in [1.54, 1.807) is 6.92 Å². The van der Waals surface area contributed by atoms with Gasteiger partial charge in [-0.15, -0.1) is 0 Å². The van der Waals surface area contributed by atoms with Gasteiger partial charge >= 0.3 is 0 Å². The second kappa shape index (κ2) is 5.53. The van der Waals surface area contributed by atoms with Gasteiger partial charge in [-0.1, -0.05) is 48.5 Å². The molecule has 4 aromatic rings. The van der Waals surface area contributed by atoms with E-state index in [4.69, 9.17) is 4.42 Å². The van der Waals surface area contributed by atoms with E-state index in [-0.39, 0.29) is 5.78 Å². The number of H-pyrrole nitrogens is 1. The quantitative estimate of drug-likeness (QED) is 0.500. The first-order valence-electron chi connectivity index (χ1n) is 7.93. The van der Waals surface area contributed by atoms with Crippen LogP contribution in [-0.2, 0) is 0 Å². The van der Waals surface area contributed by atoms with Gasteiger partial charge in [-0.25, -0.2) is 0 Å². The Balaban J connectivity index is 2.08. The van der Waals surface area contributed by atoms with Crippen molar-refractivity contribution in [3.63, 3.8) is 0 Å². The van der Waals surface area contributed by atoms with Crippen molar-refractivity contribution in [1.82, 2.24) is 4.98 Å². The number of hydrogen-bond donors (Lipinski definition) is 1. The van der Waals surface area contributed by atoms with Gasteiger partial charge in [-0.2, -0.15) is 0 Å². The van der Waals surface area contributed by atoms with Gasteiger partial charge in [-0.3, -0.25) is 4.79 Å². The Bertz CT molecular complexity index is 1040. The minimum Gasteiger partial charge on any atom is -0.460 e. The van der Waals surface area contributed by atoms with Crippen LogP contribution in [0, 0.1) is 6.92 Å². The third-order valence-corrected chi connectivity index (χ3v) is 4.33. The first-order valence-corrected chi connectivity index (χ1v) is 7.93. The van der Waals surface area contributed by atoms with Crippen LogP contribution >= 0.6 is 0 Å². The molecule has 0 fully saturated rings. The van der Waals surface area contributed by atoms with Crippen LogP contribution in [0.25, 0.3) is 33.4 Å². The number of aromatic nitrogens is 1. The van der Waals surface area contributed by atoms with Crippen LogP contribution in [0.1, 0.15) is 23.0 Å². The van der Waals surface area contributed by atoms with Crippen LogP contribution in [0.4, 0.5) is 0 Å². The third kappa shape index (κ3) is 2.17. The molecule has 3 heteroatoms. The highest BCUT2D eigenvalue weighted by molar-refractivity contribution is 6.09. The van der Waals surface area contributed by atoms with Gasteiger partial charge in [0, 0.05) is 33.8 Å². The van der Waals surface area contributed by atoms with Crippen molar-refractivity contribution in [2.24, 2.45) is 0 Å². The lowest BCUT2D eigenvalue weighted by Gasteiger charge is -2.04. The Labute approximate surface area is 139 Å². The van der Waals surface area contributed by atoms with E-state index < -0.39 is 0 Å². The average Bonchev–Trinajstić information content (AvgIpc) is 3.16. The molecule has 0 saturated heterocycles. The van der Waals surface area contributed by atoms with Gasteiger partial charge in [0.15, 0.2) is 5.78 Å². The Hall–Kier alpha value is -3.07. The first kappa shape index (κ1) is 14.5. The van der Waals surface area contributed by atoms with Crippen molar-refractivity contribution in [2.75, 3.05) is 0 Å². The van der Waals surface area contributed by atoms with Crippen molar-refractivity contribution < 1.29 is 9.21 Å². The second-order valence-corrected chi connectivity index (χ2v) is 5.91. The summed E-state index contributed by atoms with van der Waals surface area (Å²) in [5.41, 5.74) is 4.52. The molecule has 0 saturated carbocycles. The highest BCUT2D eigenvalue weighted by atomic mass is 16.3. The Kier molecular flexibility index (Phi) is 3.35. The van der Waals surface area contributed by atoms with E-state index in [9.17, 15) is 4.79 Å². The van der Waals surface area contributed by atoms with Gasteiger partial charge in [0.2, 0.25) is 0 Å². The number of benzene rings is 2. The van der Waals surface area contributed by atoms with Crippen LogP contribution in [0.3, 0.4) is 0 Å². The molecule has 0 aliphatic heterocycles. The molecular weight excluding hydrogens is 298 g/mol. The third-order valence-electron chi connectivity index (χ3n) is 4.33. The molecule has 0 amide bonds. The summed E-state index contributed by atoms with van der Waals surface area (Å²) in [5, 5.41) is 1.08. The summed E-state index contributed by atoms with van der Waals surface area (Å²) in [6, 6.07) is 18.0.